The number of carboxylic acids is 1. The minimum absolute atomic E-state index is 0.319. The highest BCUT2D eigenvalue weighted by molar-refractivity contribution is 7.89. The second-order valence-corrected chi connectivity index (χ2v) is 6.54. The molecule has 0 radical (unpaired) electrons. The van der Waals surface area contributed by atoms with Crippen molar-refractivity contribution in [1.29, 1.82) is 0 Å². The molecule has 1 aliphatic heterocycles. The maximum Gasteiger partial charge on any atom is 0.340 e. The van der Waals surface area contributed by atoms with E-state index < -0.39 is 16.0 Å². The number of nitrogens with one attached hydrogen (secondary N) is 1. The van der Waals surface area contributed by atoms with Crippen LogP contribution in [0.15, 0.2) is 11.2 Å². The van der Waals surface area contributed by atoms with E-state index in [-0.39, 0.29) is 10.6 Å². The Morgan fingerprint density at radius 1 is 1.40 bits per heavy atom. The summed E-state index contributed by atoms with van der Waals surface area (Å²) in [4.78, 5) is 13.2. The lowest BCUT2D eigenvalue weighted by Gasteiger charge is -2.33. The summed E-state index contributed by atoms with van der Waals surface area (Å²) in [6.07, 6.45) is 2.04. The van der Waals surface area contributed by atoms with Crippen molar-refractivity contribution in [1.82, 2.24) is 19.4 Å². The van der Waals surface area contributed by atoms with Crippen LogP contribution >= 0.6 is 0 Å². The third-order valence-electron chi connectivity index (χ3n) is 3.30. The molecule has 1 aliphatic rings. The van der Waals surface area contributed by atoms with Crippen molar-refractivity contribution < 1.29 is 18.3 Å². The molecule has 1 aromatic heterocycles. The van der Waals surface area contributed by atoms with Crippen LogP contribution in [0.3, 0.4) is 0 Å². The molecule has 20 heavy (non-hydrogen) atoms. The molecule has 0 unspecified atom stereocenters. The Labute approximate surface area is 117 Å². The second-order valence-electron chi connectivity index (χ2n) is 4.66. The monoisotopic (exact) mass is 302 g/mol. The molecular weight excluding hydrogens is 284 g/mol. The predicted octanol–water partition coefficient (Wildman–Crippen LogP) is -0.176. The fourth-order valence-corrected chi connectivity index (χ4v) is 3.75. The highest BCUT2D eigenvalue weighted by Gasteiger charge is 2.33. The first-order valence-electron chi connectivity index (χ1n) is 6.46. The average Bonchev–Trinajstić information content (AvgIpc) is 2.90. The van der Waals surface area contributed by atoms with Crippen LogP contribution in [0.4, 0.5) is 0 Å². The Bertz CT molecular complexity index is 575. The van der Waals surface area contributed by atoms with Gasteiger partial charge in [0.05, 0.1) is 6.20 Å². The van der Waals surface area contributed by atoms with Crippen LogP contribution in [0.2, 0.25) is 0 Å². The van der Waals surface area contributed by atoms with Crippen LogP contribution in [0.1, 0.15) is 23.7 Å². The Hall–Kier alpha value is -1.45. The molecule has 0 saturated carbocycles. The average molecular weight is 302 g/mol. The highest BCUT2D eigenvalue weighted by atomic mass is 32.2. The molecule has 1 fully saturated rings. The number of sulfonamides is 1. The fourth-order valence-electron chi connectivity index (χ4n) is 2.26. The van der Waals surface area contributed by atoms with E-state index in [1.54, 1.807) is 0 Å². The number of aromatic carboxylic acids is 1. The van der Waals surface area contributed by atoms with Crippen molar-refractivity contribution in [2.45, 2.75) is 18.4 Å². The van der Waals surface area contributed by atoms with Crippen molar-refractivity contribution in [2.24, 2.45) is 0 Å². The normalized spacial score (nSPS) is 18.2. The lowest BCUT2D eigenvalue weighted by Crippen LogP contribution is -2.48. The van der Waals surface area contributed by atoms with Crippen molar-refractivity contribution in [3.63, 3.8) is 0 Å². The van der Waals surface area contributed by atoms with E-state index in [0.717, 1.165) is 19.2 Å². The summed E-state index contributed by atoms with van der Waals surface area (Å²) in [5.74, 6) is -1.30. The van der Waals surface area contributed by atoms with Gasteiger partial charge in [-0.15, -0.1) is 0 Å². The third-order valence-corrected chi connectivity index (χ3v) is 5.18. The van der Waals surface area contributed by atoms with E-state index >= 15 is 0 Å². The van der Waals surface area contributed by atoms with E-state index in [9.17, 15) is 13.2 Å². The van der Waals surface area contributed by atoms with Gasteiger partial charge in [-0.25, -0.2) is 13.2 Å². The number of aromatic nitrogens is 2. The predicted molar refractivity (Wildman–Crippen MR) is 71.0 cm³/mol. The van der Waals surface area contributed by atoms with Gasteiger partial charge in [0.2, 0.25) is 0 Å². The molecule has 0 amide bonds. The van der Waals surface area contributed by atoms with Crippen LogP contribution in [0, 0.1) is 0 Å². The highest BCUT2D eigenvalue weighted by Crippen LogP contribution is 2.19. The minimum Gasteiger partial charge on any atom is -0.478 e. The molecule has 112 valence electrons. The first-order valence-corrected chi connectivity index (χ1v) is 7.90. The molecule has 1 aromatic rings. The van der Waals surface area contributed by atoms with Gasteiger partial charge in [-0.3, -0.25) is 5.10 Å². The Morgan fingerprint density at radius 3 is 2.60 bits per heavy atom. The van der Waals surface area contributed by atoms with E-state index in [1.807, 2.05) is 0 Å². The van der Waals surface area contributed by atoms with E-state index in [1.165, 1.54) is 4.31 Å². The largest absolute Gasteiger partial charge is 0.478 e. The topological polar surface area (TPSA) is 107 Å². The van der Waals surface area contributed by atoms with E-state index in [2.05, 4.69) is 22.0 Å². The zero-order valence-corrected chi connectivity index (χ0v) is 12.1. The van der Waals surface area contributed by atoms with Gasteiger partial charge in [0, 0.05) is 26.2 Å². The Kier molecular flexibility index (Phi) is 4.41. The fraction of sp³-hybridized carbons (Fsp3) is 0.636. The molecule has 0 aliphatic carbocycles. The number of H-pyrrole nitrogens is 1. The molecule has 0 spiro atoms. The van der Waals surface area contributed by atoms with Crippen LogP contribution in [0.5, 0.6) is 0 Å². The molecule has 2 rings (SSSR count). The molecule has 0 bridgehead atoms. The number of rotatable bonds is 5. The summed E-state index contributed by atoms with van der Waals surface area (Å²) in [5.41, 5.74) is -0.319. The van der Waals surface area contributed by atoms with Gasteiger partial charge in [-0.1, -0.05) is 6.92 Å². The lowest BCUT2D eigenvalue weighted by atomic mass is 10.3. The number of nitrogens with zero attached hydrogens (tertiary/aromatic N) is 3. The number of carbonyl (C=O) groups is 1. The lowest BCUT2D eigenvalue weighted by molar-refractivity contribution is 0.0692. The van der Waals surface area contributed by atoms with Crippen molar-refractivity contribution in [2.75, 3.05) is 32.7 Å². The second kappa shape index (κ2) is 5.90. The summed E-state index contributed by atoms with van der Waals surface area (Å²) >= 11 is 0. The standard InChI is InChI=1S/C11H18N4O4S/c1-2-3-14-4-6-15(7-5-14)20(18,19)10-9(11(16)17)8-12-13-10/h8H,2-7H2,1H3,(H,12,13)(H,16,17). The zero-order valence-electron chi connectivity index (χ0n) is 11.2. The quantitative estimate of drug-likeness (QED) is 0.781. The molecule has 2 heterocycles. The number of hydrogen-bond acceptors (Lipinski definition) is 5. The minimum atomic E-state index is -3.82. The first kappa shape index (κ1) is 14.9. The first-order chi connectivity index (χ1) is 9.46. The number of piperazine rings is 1. The summed E-state index contributed by atoms with van der Waals surface area (Å²) in [6.45, 7) is 5.05. The van der Waals surface area contributed by atoms with Gasteiger partial charge >= 0.3 is 5.97 Å². The summed E-state index contributed by atoms with van der Waals surface area (Å²) < 4.78 is 26.1. The summed E-state index contributed by atoms with van der Waals surface area (Å²) in [5, 5.41) is 14.5. The smallest absolute Gasteiger partial charge is 0.340 e. The Balaban J connectivity index is 2.16. The van der Waals surface area contributed by atoms with Gasteiger partial charge in [-0.2, -0.15) is 9.40 Å². The molecular formula is C11H18N4O4S. The number of carboxylic acid groups (broad SMARTS) is 1. The summed E-state index contributed by atoms with van der Waals surface area (Å²) in [6, 6.07) is 0. The van der Waals surface area contributed by atoms with Crippen LogP contribution < -0.4 is 0 Å². The van der Waals surface area contributed by atoms with Crippen LogP contribution in [-0.2, 0) is 10.0 Å². The van der Waals surface area contributed by atoms with Gasteiger partial charge in [0.25, 0.3) is 10.0 Å². The van der Waals surface area contributed by atoms with Crippen LogP contribution in [0.25, 0.3) is 0 Å². The summed E-state index contributed by atoms with van der Waals surface area (Å²) in [7, 11) is -3.82. The SMILES string of the molecule is CCCN1CCN(S(=O)(=O)c2[nH]ncc2C(=O)O)CC1. The van der Waals surface area contributed by atoms with Gasteiger partial charge < -0.3 is 10.0 Å². The third kappa shape index (κ3) is 2.84. The van der Waals surface area contributed by atoms with Crippen molar-refractivity contribution in [3.8, 4) is 0 Å². The van der Waals surface area contributed by atoms with Crippen molar-refractivity contribution >= 4 is 16.0 Å². The maximum atomic E-state index is 12.4. The Morgan fingerprint density at radius 2 is 2.05 bits per heavy atom. The van der Waals surface area contributed by atoms with E-state index in [0.29, 0.717) is 26.2 Å². The molecule has 2 N–H and O–H groups in total. The van der Waals surface area contributed by atoms with Gasteiger partial charge in [0.15, 0.2) is 5.03 Å². The number of hydrogen-bond donors (Lipinski definition) is 2. The molecule has 0 aromatic carbocycles. The van der Waals surface area contributed by atoms with Gasteiger partial charge in [-0.05, 0) is 13.0 Å². The van der Waals surface area contributed by atoms with Crippen molar-refractivity contribution in [3.05, 3.63) is 11.8 Å². The van der Waals surface area contributed by atoms with Crippen LogP contribution in [-0.4, -0.2) is 71.6 Å². The maximum absolute atomic E-state index is 12.4. The van der Waals surface area contributed by atoms with Gasteiger partial charge in [0.1, 0.15) is 5.56 Å². The molecule has 0 atom stereocenters. The molecule has 8 nitrogen and oxygen atoms in total. The molecule has 1 saturated heterocycles. The number of aromatic amines is 1. The van der Waals surface area contributed by atoms with E-state index in [4.69, 9.17) is 5.11 Å². The zero-order chi connectivity index (χ0) is 14.8. The molecule has 9 heteroatoms.